The van der Waals surface area contributed by atoms with Gasteiger partial charge >= 0.3 is 5.71 Å². The Balaban J connectivity index is 2.56. The highest BCUT2D eigenvalue weighted by Crippen LogP contribution is 2.61. The number of ketones is 1. The maximum Gasteiger partial charge on any atom is 0.343 e. The molecule has 0 N–H and O–H groups in total. The van der Waals surface area contributed by atoms with Gasteiger partial charge in [-0.2, -0.15) is 4.79 Å². The maximum atomic E-state index is 13.7. The van der Waals surface area contributed by atoms with Crippen molar-refractivity contribution in [2.45, 2.75) is 65.2 Å². The standard InChI is InChI=1S/C23H32N2O4/c1-12(2)13-18(27-6)14-15(20(29-8)19(13)28-7)23(5)11-9-10-22(3,4)21(23)16(25-24)17(14)26/h12,21H,9-11H2,1-8H3/t21-,23+/m0/s1. The summed E-state index contributed by atoms with van der Waals surface area (Å²) in [5.41, 5.74) is 11.5. The van der Waals surface area contributed by atoms with Gasteiger partial charge in [0.2, 0.25) is 0 Å². The highest BCUT2D eigenvalue weighted by Gasteiger charge is 2.62. The van der Waals surface area contributed by atoms with E-state index in [2.05, 4.69) is 25.6 Å². The van der Waals surface area contributed by atoms with Crippen LogP contribution in [0.15, 0.2) is 0 Å². The van der Waals surface area contributed by atoms with Crippen LogP contribution in [0.25, 0.3) is 5.53 Å². The highest BCUT2D eigenvalue weighted by molar-refractivity contribution is 6.47. The molecule has 2 aliphatic rings. The van der Waals surface area contributed by atoms with E-state index < -0.39 is 5.41 Å². The lowest BCUT2D eigenvalue weighted by Crippen LogP contribution is -2.55. The predicted octanol–water partition coefficient (Wildman–Crippen LogP) is 4.79. The van der Waals surface area contributed by atoms with E-state index in [9.17, 15) is 10.3 Å². The summed E-state index contributed by atoms with van der Waals surface area (Å²) >= 11 is 0. The van der Waals surface area contributed by atoms with Crippen molar-refractivity contribution < 1.29 is 23.8 Å². The lowest BCUT2D eigenvalue weighted by Gasteiger charge is -2.51. The van der Waals surface area contributed by atoms with Crippen LogP contribution < -0.4 is 14.2 Å². The van der Waals surface area contributed by atoms with Crippen LogP contribution in [-0.4, -0.2) is 37.6 Å². The molecular formula is C23H32N2O4. The van der Waals surface area contributed by atoms with E-state index in [0.717, 1.165) is 30.4 Å². The van der Waals surface area contributed by atoms with Gasteiger partial charge in [-0.3, -0.25) is 4.79 Å². The molecule has 158 valence electrons. The first-order chi connectivity index (χ1) is 13.6. The number of fused-ring (bicyclic) bond motifs is 3. The second-order valence-corrected chi connectivity index (χ2v) is 9.43. The summed E-state index contributed by atoms with van der Waals surface area (Å²) in [6, 6.07) is 0. The second kappa shape index (κ2) is 7.17. The molecule has 0 saturated heterocycles. The molecule has 2 aliphatic carbocycles. The molecule has 0 aliphatic heterocycles. The Morgan fingerprint density at radius 3 is 2.07 bits per heavy atom. The van der Waals surface area contributed by atoms with Gasteiger partial charge in [-0.1, -0.05) is 41.0 Å². The van der Waals surface area contributed by atoms with Crippen molar-refractivity contribution in [3.8, 4) is 17.2 Å². The van der Waals surface area contributed by atoms with E-state index in [1.54, 1.807) is 21.3 Å². The fourth-order valence-electron chi connectivity index (χ4n) is 5.96. The van der Waals surface area contributed by atoms with Crippen LogP contribution >= 0.6 is 0 Å². The van der Waals surface area contributed by atoms with Crippen LogP contribution in [0.3, 0.4) is 0 Å². The molecule has 0 aromatic heterocycles. The highest BCUT2D eigenvalue weighted by atomic mass is 16.5. The van der Waals surface area contributed by atoms with Crippen LogP contribution in [-0.2, 0) is 5.41 Å². The average Bonchev–Trinajstić information content (AvgIpc) is 2.66. The molecule has 0 radical (unpaired) electrons. The van der Waals surface area contributed by atoms with Crippen LogP contribution in [0.2, 0.25) is 0 Å². The molecular weight excluding hydrogens is 368 g/mol. The zero-order valence-electron chi connectivity index (χ0n) is 18.8. The van der Waals surface area contributed by atoms with Crippen LogP contribution in [0.5, 0.6) is 17.2 Å². The van der Waals surface area contributed by atoms with Crippen molar-refractivity contribution in [2.75, 3.05) is 21.3 Å². The molecule has 0 amide bonds. The van der Waals surface area contributed by atoms with Gasteiger partial charge in [-0.15, -0.1) is 0 Å². The topological polar surface area (TPSA) is 81.2 Å². The number of hydrogen-bond acceptors (Lipinski definition) is 4. The predicted molar refractivity (Wildman–Crippen MR) is 112 cm³/mol. The zero-order chi connectivity index (χ0) is 21.7. The Bertz CT molecular complexity index is 912. The number of benzene rings is 1. The van der Waals surface area contributed by atoms with Gasteiger partial charge in [-0.25, -0.2) is 0 Å². The molecule has 29 heavy (non-hydrogen) atoms. The van der Waals surface area contributed by atoms with Crippen LogP contribution in [0, 0.1) is 11.3 Å². The largest absolute Gasteiger partial charge is 0.496 e. The summed E-state index contributed by atoms with van der Waals surface area (Å²) in [6.07, 6.45) is 2.81. The monoisotopic (exact) mass is 400 g/mol. The fourth-order valence-corrected chi connectivity index (χ4v) is 5.96. The Labute approximate surface area is 173 Å². The molecule has 0 heterocycles. The van der Waals surface area contributed by atoms with Gasteiger partial charge in [0.1, 0.15) is 5.75 Å². The van der Waals surface area contributed by atoms with Crippen molar-refractivity contribution >= 4 is 11.5 Å². The molecule has 0 spiro atoms. The van der Waals surface area contributed by atoms with Crippen molar-refractivity contribution in [3.63, 3.8) is 0 Å². The van der Waals surface area contributed by atoms with Gasteiger partial charge in [0, 0.05) is 16.5 Å². The van der Waals surface area contributed by atoms with Crippen LogP contribution in [0.4, 0.5) is 0 Å². The van der Waals surface area contributed by atoms with E-state index in [4.69, 9.17) is 14.2 Å². The molecule has 0 bridgehead atoms. The number of methoxy groups -OCH3 is 3. The van der Waals surface area contributed by atoms with E-state index in [1.807, 2.05) is 13.8 Å². The molecule has 2 atom stereocenters. The normalized spacial score (nSPS) is 25.2. The summed E-state index contributed by atoms with van der Waals surface area (Å²) in [5, 5.41) is 0. The lowest BCUT2D eigenvalue weighted by atomic mass is 9.49. The molecule has 6 heteroatoms. The smallest absolute Gasteiger partial charge is 0.343 e. The molecule has 1 fully saturated rings. The third-order valence-corrected chi connectivity index (χ3v) is 6.94. The van der Waals surface area contributed by atoms with Crippen molar-refractivity contribution in [1.29, 1.82) is 0 Å². The number of ether oxygens (including phenoxy) is 3. The van der Waals surface area contributed by atoms with E-state index in [1.165, 1.54) is 0 Å². The van der Waals surface area contributed by atoms with Crippen molar-refractivity contribution in [3.05, 3.63) is 22.2 Å². The summed E-state index contributed by atoms with van der Waals surface area (Å²) in [7, 11) is 4.79. The minimum Gasteiger partial charge on any atom is -0.496 e. The SMILES string of the molecule is COc1c(OC)c2c(c(OC)c1C(C)C)C(=O)C(=[N+]=[N-])[C@H]1C(C)(C)CCC[C@]21C. The molecule has 1 aromatic rings. The van der Waals surface area contributed by atoms with Gasteiger partial charge in [0.25, 0.3) is 5.78 Å². The van der Waals surface area contributed by atoms with Gasteiger partial charge in [0.05, 0.1) is 32.8 Å². The van der Waals surface area contributed by atoms with Gasteiger partial charge < -0.3 is 19.7 Å². The first-order valence-corrected chi connectivity index (χ1v) is 10.2. The molecule has 0 unspecified atom stereocenters. The Kier molecular flexibility index (Phi) is 5.29. The van der Waals surface area contributed by atoms with Crippen molar-refractivity contribution in [1.82, 2.24) is 0 Å². The number of Topliss-reactive ketones (excluding diaryl/α,β-unsaturated/α-hetero) is 1. The minimum absolute atomic E-state index is 0.0368. The zero-order valence-corrected chi connectivity index (χ0v) is 18.8. The Morgan fingerprint density at radius 2 is 1.59 bits per heavy atom. The number of carbonyl (C=O) groups is 1. The summed E-state index contributed by atoms with van der Waals surface area (Å²) in [6.45, 7) is 10.5. The third-order valence-electron chi connectivity index (χ3n) is 6.94. The Hall–Kier alpha value is -2.33. The van der Waals surface area contributed by atoms with Crippen molar-refractivity contribution in [2.24, 2.45) is 11.3 Å². The van der Waals surface area contributed by atoms with Crippen LogP contribution in [0.1, 0.15) is 81.3 Å². The van der Waals surface area contributed by atoms with Gasteiger partial charge in [-0.05, 0) is 24.2 Å². The first-order valence-electron chi connectivity index (χ1n) is 10.2. The molecule has 1 aromatic carbocycles. The third kappa shape index (κ3) is 2.80. The molecule has 1 saturated carbocycles. The maximum absolute atomic E-state index is 13.7. The quantitative estimate of drug-likeness (QED) is 0.538. The molecule has 6 nitrogen and oxygen atoms in total. The number of carbonyl (C=O) groups excluding carboxylic acids is 1. The summed E-state index contributed by atoms with van der Waals surface area (Å²) in [5.74, 6) is 1.19. The lowest BCUT2D eigenvalue weighted by molar-refractivity contribution is -0.0342. The second-order valence-electron chi connectivity index (χ2n) is 9.43. The fraction of sp³-hybridized carbons (Fsp3) is 0.652. The Morgan fingerprint density at radius 1 is 1.00 bits per heavy atom. The number of nitrogens with zero attached hydrogens (tertiary/aromatic N) is 2. The van der Waals surface area contributed by atoms with E-state index in [0.29, 0.717) is 22.8 Å². The van der Waals surface area contributed by atoms with E-state index >= 15 is 0 Å². The number of hydrogen-bond donors (Lipinski definition) is 0. The summed E-state index contributed by atoms with van der Waals surface area (Å²) < 4.78 is 17.5. The molecule has 3 rings (SSSR count). The summed E-state index contributed by atoms with van der Waals surface area (Å²) in [4.78, 5) is 17.2. The average molecular weight is 401 g/mol. The van der Waals surface area contributed by atoms with E-state index in [-0.39, 0.29) is 28.7 Å². The number of rotatable bonds is 4. The minimum atomic E-state index is -0.450. The van der Waals surface area contributed by atoms with Gasteiger partial charge in [0.15, 0.2) is 11.5 Å². The first kappa shape index (κ1) is 21.4.